The Labute approximate surface area is 135 Å². The number of rotatable bonds is 4. The van der Waals surface area contributed by atoms with Crippen molar-refractivity contribution in [1.29, 1.82) is 0 Å². The molecule has 4 nitrogen and oxygen atoms in total. The smallest absolute Gasteiger partial charge is 0.265 e. The minimum absolute atomic E-state index is 0.0436. The van der Waals surface area contributed by atoms with Crippen molar-refractivity contribution in [2.45, 2.75) is 11.5 Å². The SMILES string of the molecule is CSC1N(Nc2ccccc2)C(=O)C(c2ccccc2)N1C. The van der Waals surface area contributed by atoms with E-state index >= 15 is 0 Å². The van der Waals surface area contributed by atoms with Gasteiger partial charge in [0.25, 0.3) is 5.91 Å². The molecule has 3 rings (SSSR count). The molecule has 0 aliphatic carbocycles. The predicted molar refractivity (Wildman–Crippen MR) is 91.2 cm³/mol. The summed E-state index contributed by atoms with van der Waals surface area (Å²) in [5.41, 5.74) is 5.13. The van der Waals surface area contributed by atoms with E-state index in [1.807, 2.05) is 74.0 Å². The molecule has 114 valence electrons. The van der Waals surface area contributed by atoms with Crippen LogP contribution in [0.3, 0.4) is 0 Å². The van der Waals surface area contributed by atoms with E-state index in [2.05, 4.69) is 10.3 Å². The van der Waals surface area contributed by atoms with Crippen molar-refractivity contribution in [3.8, 4) is 0 Å². The van der Waals surface area contributed by atoms with Crippen molar-refractivity contribution < 1.29 is 4.79 Å². The van der Waals surface area contributed by atoms with Gasteiger partial charge in [-0.1, -0.05) is 48.5 Å². The van der Waals surface area contributed by atoms with Crippen LogP contribution in [0.1, 0.15) is 11.6 Å². The van der Waals surface area contributed by atoms with Gasteiger partial charge in [0.2, 0.25) is 0 Å². The molecule has 22 heavy (non-hydrogen) atoms. The largest absolute Gasteiger partial charge is 0.294 e. The summed E-state index contributed by atoms with van der Waals surface area (Å²) in [5.74, 6) is 0.0666. The van der Waals surface area contributed by atoms with Crippen molar-refractivity contribution in [2.24, 2.45) is 0 Å². The zero-order valence-electron chi connectivity index (χ0n) is 12.6. The van der Waals surface area contributed by atoms with Gasteiger partial charge in [0, 0.05) is 0 Å². The van der Waals surface area contributed by atoms with Gasteiger partial charge in [0.05, 0.1) is 5.69 Å². The van der Waals surface area contributed by atoms with Crippen LogP contribution in [0.4, 0.5) is 5.69 Å². The van der Waals surface area contributed by atoms with Crippen LogP contribution in [0.25, 0.3) is 0 Å². The number of hydrogen-bond acceptors (Lipinski definition) is 4. The lowest BCUT2D eigenvalue weighted by molar-refractivity contribution is -0.128. The minimum atomic E-state index is -0.255. The number of nitrogens with one attached hydrogen (secondary N) is 1. The van der Waals surface area contributed by atoms with Gasteiger partial charge in [-0.3, -0.25) is 15.1 Å². The molecule has 0 spiro atoms. The van der Waals surface area contributed by atoms with Crippen molar-refractivity contribution in [2.75, 3.05) is 18.7 Å². The summed E-state index contributed by atoms with van der Waals surface area (Å²) >= 11 is 1.64. The summed E-state index contributed by atoms with van der Waals surface area (Å²) in [6.45, 7) is 0. The highest BCUT2D eigenvalue weighted by atomic mass is 32.2. The first-order valence-electron chi connectivity index (χ1n) is 7.17. The van der Waals surface area contributed by atoms with Crippen molar-refractivity contribution in [1.82, 2.24) is 9.91 Å². The molecule has 1 amide bonds. The second kappa shape index (κ2) is 6.42. The first-order valence-corrected chi connectivity index (χ1v) is 8.45. The van der Waals surface area contributed by atoms with Crippen molar-refractivity contribution in [3.05, 3.63) is 66.2 Å². The standard InChI is InChI=1S/C17H19N3OS/c1-19-15(13-9-5-3-6-10-13)16(21)20(17(19)22-2)18-14-11-7-4-8-12-14/h3-12,15,17-18H,1-2H3. The molecule has 2 atom stereocenters. The lowest BCUT2D eigenvalue weighted by Gasteiger charge is -2.27. The van der Waals surface area contributed by atoms with Crippen LogP contribution in [0.2, 0.25) is 0 Å². The van der Waals surface area contributed by atoms with Gasteiger partial charge in [0.1, 0.15) is 6.04 Å². The third kappa shape index (κ3) is 2.69. The minimum Gasteiger partial charge on any atom is -0.294 e. The molecule has 2 aromatic rings. The monoisotopic (exact) mass is 313 g/mol. The van der Waals surface area contributed by atoms with Crippen LogP contribution in [-0.2, 0) is 4.79 Å². The van der Waals surface area contributed by atoms with Gasteiger partial charge in [-0.25, -0.2) is 5.01 Å². The third-order valence-electron chi connectivity index (χ3n) is 3.80. The van der Waals surface area contributed by atoms with Crippen molar-refractivity contribution in [3.63, 3.8) is 0 Å². The van der Waals surface area contributed by atoms with E-state index in [-0.39, 0.29) is 17.4 Å². The Morgan fingerprint density at radius 3 is 2.18 bits per heavy atom. The molecule has 1 saturated heterocycles. The number of carbonyl (C=O) groups excluding carboxylic acids is 1. The Bertz CT molecular complexity index is 635. The molecule has 1 fully saturated rings. The van der Waals surface area contributed by atoms with E-state index in [0.29, 0.717) is 0 Å². The van der Waals surface area contributed by atoms with E-state index in [1.165, 1.54) is 0 Å². The third-order valence-corrected chi connectivity index (χ3v) is 4.76. The summed E-state index contributed by atoms with van der Waals surface area (Å²) in [6.07, 6.45) is 2.02. The highest BCUT2D eigenvalue weighted by Crippen LogP contribution is 2.36. The zero-order valence-corrected chi connectivity index (χ0v) is 13.5. The fourth-order valence-corrected chi connectivity index (χ4v) is 3.59. The van der Waals surface area contributed by atoms with Gasteiger partial charge < -0.3 is 0 Å². The highest BCUT2D eigenvalue weighted by molar-refractivity contribution is 7.99. The average Bonchev–Trinajstić information content (AvgIpc) is 2.79. The first kappa shape index (κ1) is 14.9. The molecule has 5 heteroatoms. The van der Waals surface area contributed by atoms with Crippen LogP contribution in [-0.4, -0.2) is 34.6 Å². The van der Waals surface area contributed by atoms with Crippen molar-refractivity contribution >= 4 is 23.4 Å². The zero-order chi connectivity index (χ0) is 15.5. The molecule has 1 aliphatic heterocycles. The molecule has 1 N–H and O–H groups in total. The molecular weight excluding hydrogens is 294 g/mol. The van der Waals surface area contributed by atoms with E-state index in [9.17, 15) is 4.79 Å². The van der Waals surface area contributed by atoms with Crippen LogP contribution in [0, 0.1) is 0 Å². The highest BCUT2D eigenvalue weighted by Gasteiger charge is 2.44. The Morgan fingerprint density at radius 1 is 1.00 bits per heavy atom. The predicted octanol–water partition coefficient (Wildman–Crippen LogP) is 3.18. The normalized spacial score (nSPS) is 22.1. The molecule has 1 heterocycles. The van der Waals surface area contributed by atoms with Gasteiger partial charge in [-0.05, 0) is 31.0 Å². The Hall–Kier alpha value is -1.98. The molecule has 0 bridgehead atoms. The Kier molecular flexibility index (Phi) is 4.36. The van der Waals surface area contributed by atoms with Crippen LogP contribution < -0.4 is 5.43 Å². The molecule has 1 aliphatic rings. The summed E-state index contributed by atoms with van der Waals surface area (Å²) in [6, 6.07) is 19.4. The fourth-order valence-electron chi connectivity index (χ4n) is 2.77. The molecule has 0 saturated carbocycles. The number of amides is 1. The number of hydrogen-bond donors (Lipinski definition) is 1. The second-order valence-electron chi connectivity index (χ2n) is 5.23. The fraction of sp³-hybridized carbons (Fsp3) is 0.235. The Balaban J connectivity index is 1.89. The van der Waals surface area contributed by atoms with E-state index < -0.39 is 0 Å². The summed E-state index contributed by atoms with van der Waals surface area (Å²) in [4.78, 5) is 15.0. The average molecular weight is 313 g/mol. The number of benzene rings is 2. The quantitative estimate of drug-likeness (QED) is 0.940. The molecule has 2 unspecified atom stereocenters. The number of carbonyl (C=O) groups is 1. The van der Waals surface area contributed by atoms with E-state index in [0.717, 1.165) is 11.3 Å². The van der Waals surface area contributed by atoms with E-state index in [1.54, 1.807) is 16.8 Å². The number of anilines is 1. The summed E-state index contributed by atoms with van der Waals surface area (Å²) in [7, 11) is 1.99. The first-order chi connectivity index (χ1) is 10.7. The maximum atomic E-state index is 12.9. The van der Waals surface area contributed by atoms with Gasteiger partial charge >= 0.3 is 0 Å². The lowest BCUT2D eigenvalue weighted by Crippen LogP contribution is -2.39. The number of likely N-dealkylation sites (N-methyl/N-ethyl adjacent to an activating group) is 1. The molecular formula is C17H19N3OS. The number of nitrogens with zero attached hydrogens (tertiary/aromatic N) is 2. The van der Waals surface area contributed by atoms with Gasteiger partial charge in [0.15, 0.2) is 5.50 Å². The van der Waals surface area contributed by atoms with Gasteiger partial charge in [-0.2, -0.15) is 0 Å². The lowest BCUT2D eigenvalue weighted by atomic mass is 10.1. The molecule has 2 aromatic carbocycles. The van der Waals surface area contributed by atoms with E-state index in [4.69, 9.17) is 0 Å². The Morgan fingerprint density at radius 2 is 1.59 bits per heavy atom. The molecule has 0 aromatic heterocycles. The maximum Gasteiger partial charge on any atom is 0.265 e. The van der Waals surface area contributed by atoms with Crippen LogP contribution >= 0.6 is 11.8 Å². The summed E-state index contributed by atoms with van der Waals surface area (Å²) in [5, 5.41) is 1.72. The number of hydrazine groups is 1. The van der Waals surface area contributed by atoms with Gasteiger partial charge in [-0.15, -0.1) is 11.8 Å². The molecule has 0 radical (unpaired) electrons. The van der Waals surface area contributed by atoms with Crippen LogP contribution in [0.5, 0.6) is 0 Å². The summed E-state index contributed by atoms with van der Waals surface area (Å²) < 4.78 is 0. The topological polar surface area (TPSA) is 35.6 Å². The second-order valence-corrected chi connectivity index (χ2v) is 6.12. The van der Waals surface area contributed by atoms with Crippen LogP contribution in [0.15, 0.2) is 60.7 Å². The number of thioether (sulfide) groups is 1. The number of para-hydroxylation sites is 1. The maximum absolute atomic E-state index is 12.9.